The molecule has 0 amide bonds. The molecule has 2 aromatic rings. The molecule has 0 spiro atoms. The third-order valence-electron chi connectivity index (χ3n) is 2.30. The van der Waals surface area contributed by atoms with Crippen LogP contribution in [0, 0.1) is 0 Å². The molecule has 0 radical (unpaired) electrons. The van der Waals surface area contributed by atoms with Gasteiger partial charge in [0.15, 0.2) is 0 Å². The van der Waals surface area contributed by atoms with Crippen molar-refractivity contribution < 1.29 is 4.42 Å². The lowest BCUT2D eigenvalue weighted by Gasteiger charge is -2.04. The lowest BCUT2D eigenvalue weighted by atomic mass is 10.3. The summed E-state index contributed by atoms with van der Waals surface area (Å²) in [7, 11) is 0. The first-order valence-electron chi connectivity index (χ1n) is 5.34. The highest BCUT2D eigenvalue weighted by Crippen LogP contribution is 2.17. The summed E-state index contributed by atoms with van der Waals surface area (Å²) in [5.74, 6) is 2.87. The normalized spacial score (nSPS) is 10.5. The zero-order valence-electron chi connectivity index (χ0n) is 9.57. The molecular weight excluding hydrogens is 254 g/mol. The molecule has 1 aromatic heterocycles. The Morgan fingerprint density at radius 3 is 2.82 bits per heavy atom. The molecule has 0 saturated heterocycles. The lowest BCUT2D eigenvalue weighted by Crippen LogP contribution is -1.97. The zero-order chi connectivity index (χ0) is 12.1. The Bertz CT molecular complexity index is 484. The van der Waals surface area contributed by atoms with Gasteiger partial charge in [0.2, 0.25) is 0 Å². The topological polar surface area (TPSA) is 25.2 Å². The molecule has 0 bridgehead atoms. The largest absolute Gasteiger partial charge is 0.463 e. The van der Waals surface area contributed by atoms with Crippen molar-refractivity contribution in [3.63, 3.8) is 0 Å². The Hall–Kier alpha value is -1.06. The first-order chi connectivity index (χ1) is 8.28. The molecule has 0 fully saturated rings. The highest BCUT2D eigenvalue weighted by molar-refractivity contribution is 7.97. The van der Waals surface area contributed by atoms with Crippen molar-refractivity contribution in [2.24, 2.45) is 0 Å². The van der Waals surface area contributed by atoms with Crippen LogP contribution < -0.4 is 5.32 Å². The van der Waals surface area contributed by atoms with Gasteiger partial charge in [0.25, 0.3) is 0 Å². The van der Waals surface area contributed by atoms with Gasteiger partial charge in [-0.1, -0.05) is 17.7 Å². The highest BCUT2D eigenvalue weighted by atomic mass is 35.5. The van der Waals surface area contributed by atoms with Crippen LogP contribution in [0.15, 0.2) is 40.8 Å². The maximum atomic E-state index is 5.91. The van der Waals surface area contributed by atoms with E-state index in [1.54, 1.807) is 11.8 Å². The number of benzene rings is 1. The summed E-state index contributed by atoms with van der Waals surface area (Å²) in [6, 6.07) is 11.7. The number of hydrogen-bond donors (Lipinski definition) is 1. The average molecular weight is 268 g/mol. The van der Waals surface area contributed by atoms with Crippen molar-refractivity contribution in [3.05, 3.63) is 52.9 Å². The standard InChI is InChI=1S/C13H14ClNOS/c1-17-9-13-6-5-12(16-13)8-15-11-4-2-3-10(14)7-11/h2-7,15H,8-9H2,1H3. The molecule has 0 saturated carbocycles. The first-order valence-corrected chi connectivity index (χ1v) is 7.11. The Labute approximate surface area is 110 Å². The fraction of sp³-hybridized carbons (Fsp3) is 0.231. The van der Waals surface area contributed by atoms with E-state index in [0.29, 0.717) is 6.54 Å². The summed E-state index contributed by atoms with van der Waals surface area (Å²) < 4.78 is 5.66. The van der Waals surface area contributed by atoms with Gasteiger partial charge in [-0.05, 0) is 36.6 Å². The molecule has 1 heterocycles. The lowest BCUT2D eigenvalue weighted by molar-refractivity contribution is 0.487. The van der Waals surface area contributed by atoms with Crippen LogP contribution in [0.3, 0.4) is 0 Å². The van der Waals surface area contributed by atoms with Crippen molar-refractivity contribution in [1.29, 1.82) is 0 Å². The molecule has 17 heavy (non-hydrogen) atoms. The van der Waals surface area contributed by atoms with E-state index < -0.39 is 0 Å². The van der Waals surface area contributed by atoms with E-state index in [4.69, 9.17) is 16.0 Å². The Morgan fingerprint density at radius 2 is 2.06 bits per heavy atom. The van der Waals surface area contributed by atoms with Crippen molar-refractivity contribution in [2.45, 2.75) is 12.3 Å². The minimum atomic E-state index is 0.675. The average Bonchev–Trinajstić information content (AvgIpc) is 2.75. The summed E-state index contributed by atoms with van der Waals surface area (Å²) in [6.07, 6.45) is 2.06. The van der Waals surface area contributed by atoms with E-state index in [0.717, 1.165) is 28.0 Å². The smallest absolute Gasteiger partial charge is 0.123 e. The van der Waals surface area contributed by atoms with Gasteiger partial charge in [0.1, 0.15) is 11.5 Å². The van der Waals surface area contributed by atoms with Gasteiger partial charge in [-0.3, -0.25) is 0 Å². The third kappa shape index (κ3) is 3.72. The van der Waals surface area contributed by atoms with E-state index in [9.17, 15) is 0 Å². The molecule has 0 unspecified atom stereocenters. The highest BCUT2D eigenvalue weighted by Gasteiger charge is 2.01. The fourth-order valence-corrected chi connectivity index (χ4v) is 2.15. The summed E-state index contributed by atoms with van der Waals surface area (Å²) in [5, 5.41) is 4.01. The quantitative estimate of drug-likeness (QED) is 0.869. The van der Waals surface area contributed by atoms with Crippen LogP contribution in [0.4, 0.5) is 5.69 Å². The maximum Gasteiger partial charge on any atom is 0.123 e. The van der Waals surface area contributed by atoms with Gasteiger partial charge in [0, 0.05) is 10.7 Å². The van der Waals surface area contributed by atoms with E-state index >= 15 is 0 Å². The molecule has 90 valence electrons. The molecule has 1 N–H and O–H groups in total. The second-order valence-corrected chi connectivity index (χ2v) is 4.97. The number of anilines is 1. The van der Waals surface area contributed by atoms with Crippen molar-refractivity contribution in [3.8, 4) is 0 Å². The molecule has 2 rings (SSSR count). The van der Waals surface area contributed by atoms with Crippen LogP contribution in [0.2, 0.25) is 5.02 Å². The summed E-state index contributed by atoms with van der Waals surface area (Å²) in [4.78, 5) is 0. The first kappa shape index (κ1) is 12.4. The maximum absolute atomic E-state index is 5.91. The number of thioether (sulfide) groups is 1. The van der Waals surface area contributed by atoms with E-state index in [-0.39, 0.29) is 0 Å². The van der Waals surface area contributed by atoms with Gasteiger partial charge in [-0.15, -0.1) is 0 Å². The van der Waals surface area contributed by atoms with E-state index in [1.807, 2.05) is 36.4 Å². The summed E-state index contributed by atoms with van der Waals surface area (Å²) in [6.45, 7) is 0.675. The predicted octanol–water partition coefficient (Wildman–Crippen LogP) is 4.41. The van der Waals surface area contributed by atoms with E-state index in [1.165, 1.54) is 0 Å². The number of hydrogen-bond acceptors (Lipinski definition) is 3. The van der Waals surface area contributed by atoms with Gasteiger partial charge in [-0.25, -0.2) is 0 Å². The van der Waals surface area contributed by atoms with Crippen LogP contribution in [0.25, 0.3) is 0 Å². The molecular formula is C13H14ClNOS. The van der Waals surface area contributed by atoms with Crippen molar-refractivity contribution in [1.82, 2.24) is 0 Å². The predicted molar refractivity (Wildman–Crippen MR) is 74.7 cm³/mol. The fourth-order valence-electron chi connectivity index (χ4n) is 1.52. The molecule has 0 aliphatic heterocycles. The molecule has 4 heteroatoms. The van der Waals surface area contributed by atoms with Crippen molar-refractivity contribution >= 4 is 29.1 Å². The van der Waals surface area contributed by atoms with Crippen LogP contribution in [0.1, 0.15) is 11.5 Å². The third-order valence-corrected chi connectivity index (χ3v) is 3.10. The van der Waals surface area contributed by atoms with Crippen LogP contribution in [-0.2, 0) is 12.3 Å². The van der Waals surface area contributed by atoms with Crippen LogP contribution in [-0.4, -0.2) is 6.26 Å². The van der Waals surface area contributed by atoms with Gasteiger partial charge >= 0.3 is 0 Å². The SMILES string of the molecule is CSCc1ccc(CNc2cccc(Cl)c2)o1. The Morgan fingerprint density at radius 1 is 1.24 bits per heavy atom. The monoisotopic (exact) mass is 267 g/mol. The molecule has 2 nitrogen and oxygen atoms in total. The minimum absolute atomic E-state index is 0.675. The van der Waals surface area contributed by atoms with E-state index in [2.05, 4.69) is 11.6 Å². The second-order valence-electron chi connectivity index (χ2n) is 3.66. The minimum Gasteiger partial charge on any atom is -0.463 e. The second kappa shape index (κ2) is 6.03. The van der Waals surface area contributed by atoms with Crippen LogP contribution >= 0.6 is 23.4 Å². The molecule has 0 aliphatic rings. The van der Waals surface area contributed by atoms with Crippen molar-refractivity contribution in [2.75, 3.05) is 11.6 Å². The Balaban J connectivity index is 1.93. The van der Waals surface area contributed by atoms with Gasteiger partial charge < -0.3 is 9.73 Å². The molecule has 0 atom stereocenters. The summed E-state index contributed by atoms with van der Waals surface area (Å²) in [5.41, 5.74) is 1.00. The molecule has 0 aliphatic carbocycles. The molecule has 1 aromatic carbocycles. The number of furan rings is 1. The van der Waals surface area contributed by atoms with Gasteiger partial charge in [-0.2, -0.15) is 11.8 Å². The number of nitrogens with one attached hydrogen (secondary N) is 1. The zero-order valence-corrected chi connectivity index (χ0v) is 11.1. The summed E-state index contributed by atoms with van der Waals surface area (Å²) >= 11 is 7.66. The number of rotatable bonds is 5. The Kier molecular flexibility index (Phi) is 4.40. The van der Waals surface area contributed by atoms with Gasteiger partial charge in [0.05, 0.1) is 12.3 Å². The van der Waals surface area contributed by atoms with Crippen LogP contribution in [0.5, 0.6) is 0 Å². The number of halogens is 1.